The quantitative estimate of drug-likeness (QED) is 0.257. The molecule has 0 bridgehead atoms. The van der Waals surface area contributed by atoms with E-state index in [1.54, 1.807) is 6.92 Å². The smallest absolute Gasteiger partial charge is 0.417 e. The Morgan fingerprint density at radius 3 is 2.46 bits per heavy atom. The number of fused-ring (bicyclic) bond motifs is 1. The number of amides is 1. The molecular weight excluding hydrogens is 474 g/mol. The summed E-state index contributed by atoms with van der Waals surface area (Å²) in [6.07, 6.45) is 2.07. The standard InChI is InChI=1S/C25H25NO8S/c1-13(5-11-19(27)35)4-10-17-21(32-3)14(2)18-12-33-24(30)20(18)22(17)34-25(31)26-16-8-6-15(7-9-16)23(28)29/h4,6-9H,5,10-12H2,1-3H3,(H,26,31)(H,27,35)(H,28,29). The number of thiol groups is 1. The van der Waals surface area contributed by atoms with E-state index >= 15 is 0 Å². The zero-order chi connectivity index (χ0) is 25.7. The first-order valence-electron chi connectivity index (χ1n) is 10.7. The van der Waals surface area contributed by atoms with Crippen molar-refractivity contribution in [1.29, 1.82) is 0 Å². The SMILES string of the molecule is COc1c(C)c2c(c(OC(=O)Nc3ccc(C(=O)O)cc3)c1CC=C(C)CCC(=O)S)C(=O)OC2. The van der Waals surface area contributed by atoms with Crippen LogP contribution in [0.3, 0.4) is 0 Å². The van der Waals surface area contributed by atoms with Crippen LogP contribution in [0.15, 0.2) is 35.9 Å². The summed E-state index contributed by atoms with van der Waals surface area (Å²) in [4.78, 5) is 47.5. The number of carboxylic acids is 1. The molecule has 1 aliphatic rings. The van der Waals surface area contributed by atoms with Gasteiger partial charge in [0.25, 0.3) is 0 Å². The molecule has 0 aromatic heterocycles. The highest BCUT2D eigenvalue weighted by atomic mass is 32.1. The number of nitrogens with one attached hydrogen (secondary N) is 1. The molecule has 9 nitrogen and oxygen atoms in total. The maximum absolute atomic E-state index is 12.8. The van der Waals surface area contributed by atoms with E-state index in [1.165, 1.54) is 31.4 Å². The maximum atomic E-state index is 12.8. The molecular formula is C25H25NO8S. The number of carbonyl (C=O) groups is 4. The number of benzene rings is 2. The molecule has 35 heavy (non-hydrogen) atoms. The van der Waals surface area contributed by atoms with E-state index in [1.807, 2.05) is 13.0 Å². The van der Waals surface area contributed by atoms with Crippen LogP contribution in [0, 0.1) is 6.92 Å². The Morgan fingerprint density at radius 2 is 1.86 bits per heavy atom. The Bertz CT molecular complexity index is 1220. The summed E-state index contributed by atoms with van der Waals surface area (Å²) in [6.45, 7) is 3.70. The van der Waals surface area contributed by atoms with Crippen molar-refractivity contribution >= 4 is 41.5 Å². The van der Waals surface area contributed by atoms with Gasteiger partial charge < -0.3 is 19.3 Å². The second-order valence-electron chi connectivity index (χ2n) is 7.94. The molecule has 0 aliphatic carbocycles. The highest BCUT2D eigenvalue weighted by Crippen LogP contribution is 2.43. The van der Waals surface area contributed by atoms with Crippen LogP contribution in [0.4, 0.5) is 10.5 Å². The summed E-state index contributed by atoms with van der Waals surface area (Å²) in [5.74, 6) is -1.21. The molecule has 0 saturated heterocycles. The Labute approximate surface area is 207 Å². The fourth-order valence-electron chi connectivity index (χ4n) is 3.74. The first-order valence-corrected chi connectivity index (χ1v) is 11.2. The molecule has 1 amide bonds. The van der Waals surface area contributed by atoms with Crippen molar-refractivity contribution in [3.05, 3.63) is 63.7 Å². The minimum Gasteiger partial charge on any atom is -0.496 e. The number of hydrogen-bond acceptors (Lipinski definition) is 7. The highest BCUT2D eigenvalue weighted by molar-refractivity contribution is 7.96. The van der Waals surface area contributed by atoms with E-state index in [-0.39, 0.29) is 41.4 Å². The number of rotatable bonds is 9. The van der Waals surface area contributed by atoms with Gasteiger partial charge in [-0.3, -0.25) is 10.1 Å². The summed E-state index contributed by atoms with van der Waals surface area (Å²) < 4.78 is 16.4. The Kier molecular flexibility index (Phi) is 8.18. The van der Waals surface area contributed by atoms with Crippen LogP contribution in [0.2, 0.25) is 0 Å². The van der Waals surface area contributed by atoms with Crippen LogP contribution in [0.25, 0.3) is 0 Å². The molecule has 2 aromatic carbocycles. The van der Waals surface area contributed by atoms with Gasteiger partial charge in [-0.15, -0.1) is 12.6 Å². The Morgan fingerprint density at radius 1 is 1.17 bits per heavy atom. The van der Waals surface area contributed by atoms with Crippen LogP contribution in [0.5, 0.6) is 11.5 Å². The van der Waals surface area contributed by atoms with Crippen molar-refractivity contribution in [2.75, 3.05) is 12.4 Å². The van der Waals surface area contributed by atoms with Crippen molar-refractivity contribution in [2.45, 2.75) is 39.7 Å². The van der Waals surface area contributed by atoms with E-state index in [9.17, 15) is 19.2 Å². The molecule has 0 atom stereocenters. The molecule has 0 spiro atoms. The van der Waals surface area contributed by atoms with Crippen LogP contribution >= 0.6 is 12.6 Å². The minimum absolute atomic E-state index is 0.0268. The second-order valence-corrected chi connectivity index (χ2v) is 8.44. The summed E-state index contributed by atoms with van der Waals surface area (Å²) in [5.41, 5.74) is 3.22. The normalized spacial score (nSPS) is 12.6. The van der Waals surface area contributed by atoms with Gasteiger partial charge in [-0.1, -0.05) is 11.6 Å². The number of anilines is 1. The molecule has 0 fully saturated rings. The third-order valence-corrected chi connectivity index (χ3v) is 5.81. The molecule has 0 saturated carbocycles. The summed E-state index contributed by atoms with van der Waals surface area (Å²) in [6, 6.07) is 5.54. The molecule has 3 rings (SSSR count). The van der Waals surface area contributed by atoms with Crippen molar-refractivity contribution < 1.29 is 38.5 Å². The number of allylic oxidation sites excluding steroid dienone is 2. The van der Waals surface area contributed by atoms with Crippen molar-refractivity contribution in [3.8, 4) is 11.5 Å². The molecule has 0 radical (unpaired) electrons. The van der Waals surface area contributed by atoms with Crippen molar-refractivity contribution in [1.82, 2.24) is 0 Å². The molecule has 2 N–H and O–H groups in total. The molecule has 10 heteroatoms. The monoisotopic (exact) mass is 499 g/mol. The van der Waals surface area contributed by atoms with Gasteiger partial charge in [0.2, 0.25) is 0 Å². The third kappa shape index (κ3) is 6.02. The first-order chi connectivity index (χ1) is 16.6. The molecule has 1 heterocycles. The average molecular weight is 500 g/mol. The zero-order valence-electron chi connectivity index (χ0n) is 19.5. The summed E-state index contributed by atoms with van der Waals surface area (Å²) in [5, 5.41) is 11.3. The predicted octanol–water partition coefficient (Wildman–Crippen LogP) is 4.71. The topological polar surface area (TPSA) is 128 Å². The lowest BCUT2D eigenvalue weighted by molar-refractivity contribution is -0.110. The second kappa shape index (κ2) is 11.1. The van der Waals surface area contributed by atoms with E-state index in [4.69, 9.17) is 19.3 Å². The highest BCUT2D eigenvalue weighted by Gasteiger charge is 2.34. The van der Waals surface area contributed by atoms with Gasteiger partial charge >= 0.3 is 18.0 Å². The number of hydrogen-bond donors (Lipinski definition) is 3. The lowest BCUT2D eigenvalue weighted by Gasteiger charge is -2.19. The van der Waals surface area contributed by atoms with Crippen LogP contribution in [-0.4, -0.2) is 35.4 Å². The Hall–Kier alpha value is -3.79. The number of carboxylic acid groups (broad SMARTS) is 1. The number of cyclic esters (lactones) is 1. The molecule has 184 valence electrons. The van der Waals surface area contributed by atoms with E-state index < -0.39 is 18.0 Å². The number of aromatic carboxylic acids is 1. The number of esters is 1. The Balaban J connectivity index is 1.96. The fourth-order valence-corrected chi connectivity index (χ4v) is 3.85. The van der Waals surface area contributed by atoms with Gasteiger partial charge in [-0.05, 0) is 56.5 Å². The summed E-state index contributed by atoms with van der Waals surface area (Å²) >= 11 is 3.79. The molecule has 2 aromatic rings. The van der Waals surface area contributed by atoms with Crippen molar-refractivity contribution in [3.63, 3.8) is 0 Å². The number of methoxy groups -OCH3 is 1. The van der Waals surface area contributed by atoms with Gasteiger partial charge in [0.1, 0.15) is 17.9 Å². The van der Waals surface area contributed by atoms with Gasteiger partial charge in [0, 0.05) is 23.2 Å². The van der Waals surface area contributed by atoms with Gasteiger partial charge in [-0.2, -0.15) is 0 Å². The van der Waals surface area contributed by atoms with Crippen LogP contribution in [0.1, 0.15) is 57.2 Å². The van der Waals surface area contributed by atoms with Gasteiger partial charge in [-0.25, -0.2) is 14.4 Å². The van der Waals surface area contributed by atoms with E-state index in [2.05, 4.69) is 17.9 Å². The number of carbonyl (C=O) groups excluding carboxylic acids is 3. The van der Waals surface area contributed by atoms with Gasteiger partial charge in [0.05, 0.1) is 12.7 Å². The van der Waals surface area contributed by atoms with E-state index in [0.29, 0.717) is 34.5 Å². The van der Waals surface area contributed by atoms with Crippen molar-refractivity contribution in [2.24, 2.45) is 0 Å². The van der Waals surface area contributed by atoms with E-state index in [0.717, 1.165) is 5.57 Å². The average Bonchev–Trinajstić information content (AvgIpc) is 3.20. The minimum atomic E-state index is -1.09. The lowest BCUT2D eigenvalue weighted by atomic mass is 9.94. The number of ether oxygens (including phenoxy) is 3. The summed E-state index contributed by atoms with van der Waals surface area (Å²) in [7, 11) is 1.49. The predicted molar refractivity (Wildman–Crippen MR) is 131 cm³/mol. The third-order valence-electron chi connectivity index (χ3n) is 5.59. The molecule has 0 unspecified atom stereocenters. The molecule has 1 aliphatic heterocycles. The van der Waals surface area contributed by atoms with Crippen LogP contribution in [-0.2, 0) is 22.6 Å². The van der Waals surface area contributed by atoms with Crippen LogP contribution < -0.4 is 14.8 Å². The fraction of sp³-hybridized carbons (Fsp3) is 0.280. The first kappa shape index (κ1) is 25.8. The largest absolute Gasteiger partial charge is 0.496 e. The maximum Gasteiger partial charge on any atom is 0.417 e. The van der Waals surface area contributed by atoms with Gasteiger partial charge in [0.15, 0.2) is 10.9 Å². The lowest BCUT2D eigenvalue weighted by Crippen LogP contribution is -2.20. The zero-order valence-corrected chi connectivity index (χ0v) is 20.4.